The second-order valence-electron chi connectivity index (χ2n) is 8.33. The molecule has 0 spiro atoms. The molecule has 0 fully saturated rings. The van der Waals surface area contributed by atoms with E-state index in [0.717, 1.165) is 41.7 Å². The number of rotatable bonds is 6. The average Bonchev–Trinajstić information content (AvgIpc) is 2.63. The Hall–Kier alpha value is -0.270. The van der Waals surface area contributed by atoms with Gasteiger partial charge in [0.2, 0.25) is 0 Å². The maximum absolute atomic E-state index is 10.4. The molecule has 25 heavy (non-hydrogen) atoms. The number of ether oxygens (including phenoxy) is 1. The van der Waals surface area contributed by atoms with Crippen molar-refractivity contribution in [2.24, 2.45) is 0 Å². The van der Waals surface area contributed by atoms with Crippen LogP contribution in [0.2, 0.25) is 0 Å². The van der Waals surface area contributed by atoms with Gasteiger partial charge in [0.05, 0.1) is 0 Å². The third kappa shape index (κ3) is 3.74. The zero-order chi connectivity index (χ0) is 19.1. The van der Waals surface area contributed by atoms with Crippen LogP contribution in [-0.4, -0.2) is 35.4 Å². The van der Waals surface area contributed by atoms with E-state index in [0.29, 0.717) is 5.75 Å². The Morgan fingerprint density at radius 2 is 1.60 bits per heavy atom. The first-order valence-electron chi connectivity index (χ1n) is 9.75. The van der Waals surface area contributed by atoms with Crippen LogP contribution in [0.1, 0.15) is 62.8 Å². The van der Waals surface area contributed by atoms with Crippen LogP contribution in [0.4, 0.5) is 0 Å². The molecule has 0 aromatic heterocycles. The summed E-state index contributed by atoms with van der Waals surface area (Å²) in [5.41, 5.74) is 4.15. The number of aromatic hydroxyl groups is 1. The van der Waals surface area contributed by atoms with Crippen molar-refractivity contribution in [3.8, 4) is 11.5 Å². The molecule has 0 saturated carbocycles. The number of hydrogen-bond acceptors (Lipinski definition) is 2. The van der Waals surface area contributed by atoms with Gasteiger partial charge in [0.1, 0.15) is 0 Å². The summed E-state index contributed by atoms with van der Waals surface area (Å²) in [5.74, 6) is 1.47. The van der Waals surface area contributed by atoms with Crippen LogP contribution in [-0.2, 0) is 6.42 Å². The van der Waals surface area contributed by atoms with Crippen LogP contribution >= 0.6 is 20.8 Å². The van der Waals surface area contributed by atoms with Gasteiger partial charge in [0.25, 0.3) is 0 Å². The van der Waals surface area contributed by atoms with Crippen molar-refractivity contribution in [1.29, 1.82) is 0 Å². The second-order valence-corrected chi connectivity index (χ2v) is 20.3. The normalized spacial score (nSPS) is 22.0. The number of benzene rings is 1. The van der Waals surface area contributed by atoms with Crippen LogP contribution in [0, 0.1) is 20.8 Å². The first kappa shape index (κ1) is 21.0. The van der Waals surface area contributed by atoms with E-state index < -0.39 is 5.31 Å². The molecule has 1 aliphatic heterocycles. The van der Waals surface area contributed by atoms with Crippen molar-refractivity contribution in [1.82, 2.24) is 0 Å². The standard InChI is InChI=1S/C21H36BrO2P/c1-8-25(22,9-2,10-3)14-13-21(7)12-11-18-17(6)19(23)15(4)16(5)20(18)24-21/h23H,8-14H2,1-7H3. The van der Waals surface area contributed by atoms with Crippen molar-refractivity contribution in [2.75, 3.05) is 24.6 Å². The number of phenolic OH excluding ortho intramolecular Hbond substituents is 1. The van der Waals surface area contributed by atoms with Gasteiger partial charge in [0, 0.05) is 0 Å². The van der Waals surface area contributed by atoms with Gasteiger partial charge in [-0.1, -0.05) is 0 Å². The van der Waals surface area contributed by atoms with Gasteiger partial charge in [0.15, 0.2) is 0 Å². The SMILES string of the molecule is CCP(Br)(CC)(CC)CCC1(C)CCc2c(C)c(O)c(C)c(C)c2O1. The molecule has 4 heteroatoms. The van der Waals surface area contributed by atoms with E-state index >= 15 is 0 Å². The Bertz CT molecular complexity index is 656. The maximum atomic E-state index is 10.4. The second kappa shape index (κ2) is 7.04. The molecule has 1 heterocycles. The van der Waals surface area contributed by atoms with Gasteiger partial charge < -0.3 is 0 Å². The quantitative estimate of drug-likeness (QED) is 0.507. The predicted molar refractivity (Wildman–Crippen MR) is 117 cm³/mol. The van der Waals surface area contributed by atoms with Gasteiger partial charge in [-0.3, -0.25) is 0 Å². The van der Waals surface area contributed by atoms with E-state index in [-0.39, 0.29) is 5.60 Å². The van der Waals surface area contributed by atoms with Crippen LogP contribution in [0.25, 0.3) is 0 Å². The molecule has 0 radical (unpaired) electrons. The van der Waals surface area contributed by atoms with E-state index in [9.17, 15) is 5.11 Å². The molecule has 2 rings (SSSR count). The van der Waals surface area contributed by atoms with Crippen molar-refractivity contribution in [3.05, 3.63) is 22.3 Å². The number of phenols is 1. The molecule has 1 aliphatic rings. The van der Waals surface area contributed by atoms with Gasteiger partial charge >= 0.3 is 162 Å². The molecule has 0 aliphatic carbocycles. The summed E-state index contributed by atoms with van der Waals surface area (Å²) in [7, 11) is 0. The monoisotopic (exact) mass is 430 g/mol. The van der Waals surface area contributed by atoms with E-state index in [1.54, 1.807) is 0 Å². The van der Waals surface area contributed by atoms with E-state index in [4.69, 9.17) is 4.74 Å². The molecule has 2 nitrogen and oxygen atoms in total. The average molecular weight is 431 g/mol. The fourth-order valence-electron chi connectivity index (χ4n) is 4.13. The van der Waals surface area contributed by atoms with E-state index in [1.807, 2.05) is 13.8 Å². The van der Waals surface area contributed by atoms with E-state index in [2.05, 4.69) is 50.1 Å². The fraction of sp³-hybridized carbons (Fsp3) is 0.714. The van der Waals surface area contributed by atoms with Crippen molar-refractivity contribution >= 4 is 20.8 Å². The zero-order valence-electron chi connectivity index (χ0n) is 17.1. The van der Waals surface area contributed by atoms with Crippen LogP contribution in [0.5, 0.6) is 11.5 Å². The molecule has 0 amide bonds. The summed E-state index contributed by atoms with van der Waals surface area (Å²) >= 11 is 4.26. The molecular weight excluding hydrogens is 395 g/mol. The van der Waals surface area contributed by atoms with Gasteiger partial charge in [-0.2, -0.15) is 0 Å². The molecular formula is C21H36BrO2P. The molecule has 144 valence electrons. The molecule has 1 atom stereocenters. The van der Waals surface area contributed by atoms with Crippen LogP contribution in [0.3, 0.4) is 0 Å². The van der Waals surface area contributed by atoms with Crippen molar-refractivity contribution < 1.29 is 9.84 Å². The topological polar surface area (TPSA) is 29.5 Å². The first-order chi connectivity index (χ1) is 11.5. The third-order valence-electron chi connectivity index (χ3n) is 7.16. The minimum atomic E-state index is -1.77. The zero-order valence-corrected chi connectivity index (χ0v) is 19.6. The van der Waals surface area contributed by atoms with Gasteiger partial charge in [-0.25, -0.2) is 0 Å². The predicted octanol–water partition coefficient (Wildman–Crippen LogP) is 6.71. The third-order valence-corrected chi connectivity index (χ3v) is 18.8. The van der Waals surface area contributed by atoms with Gasteiger partial charge in [-0.15, -0.1) is 0 Å². The van der Waals surface area contributed by atoms with Gasteiger partial charge in [-0.05, 0) is 0 Å². The minimum absolute atomic E-state index is 0.107. The van der Waals surface area contributed by atoms with E-state index in [1.165, 1.54) is 30.2 Å². The van der Waals surface area contributed by atoms with Crippen LogP contribution < -0.4 is 4.74 Å². The summed E-state index contributed by atoms with van der Waals surface area (Å²) in [4.78, 5) is 0. The summed E-state index contributed by atoms with van der Waals surface area (Å²) in [5, 5.41) is 8.58. The first-order valence-corrected chi connectivity index (χ1v) is 14.7. The Balaban J connectivity index is 2.30. The summed E-state index contributed by atoms with van der Waals surface area (Å²) < 4.78 is 6.63. The number of hydrogen-bond donors (Lipinski definition) is 1. The Kier molecular flexibility index (Phi) is 5.92. The molecule has 1 aromatic rings. The number of fused-ring (bicyclic) bond motifs is 1. The van der Waals surface area contributed by atoms with Crippen LogP contribution in [0.15, 0.2) is 0 Å². The number of halogens is 1. The summed E-state index contributed by atoms with van der Waals surface area (Å²) in [6.07, 6.45) is 8.15. The van der Waals surface area contributed by atoms with Crippen molar-refractivity contribution in [2.45, 2.75) is 73.3 Å². The Morgan fingerprint density at radius 3 is 2.12 bits per heavy atom. The summed E-state index contributed by atoms with van der Waals surface area (Å²) in [6, 6.07) is 0. The molecule has 1 unspecified atom stereocenters. The molecule has 1 N–H and O–H groups in total. The molecule has 0 saturated heterocycles. The Labute approximate surface area is 162 Å². The fourth-order valence-corrected chi connectivity index (χ4v) is 7.99. The Morgan fingerprint density at radius 1 is 1.04 bits per heavy atom. The summed E-state index contributed by atoms with van der Waals surface area (Å²) in [6.45, 7) is 15.4. The van der Waals surface area contributed by atoms with Crippen molar-refractivity contribution in [3.63, 3.8) is 0 Å². The molecule has 0 bridgehead atoms. The molecule has 1 aromatic carbocycles.